The molecule has 0 aromatic carbocycles. The van der Waals surface area contributed by atoms with E-state index in [2.05, 4.69) is 15.3 Å². The minimum Gasteiger partial charge on any atom is -0.548 e. The molecule has 21 heavy (non-hydrogen) atoms. The van der Waals surface area contributed by atoms with E-state index in [1.807, 2.05) is 0 Å². The van der Waals surface area contributed by atoms with Crippen LogP contribution < -0.4 is 10.4 Å². The van der Waals surface area contributed by atoms with Crippen molar-refractivity contribution in [3.63, 3.8) is 0 Å². The van der Waals surface area contributed by atoms with Crippen LogP contribution in [0.5, 0.6) is 0 Å². The number of nitrogens with zero attached hydrogens (tertiary/aromatic N) is 2. The smallest absolute Gasteiger partial charge is 0.139 e. The van der Waals surface area contributed by atoms with Crippen LogP contribution in [0.15, 0.2) is 6.33 Å². The van der Waals surface area contributed by atoms with Crippen LogP contribution >= 0.6 is 11.3 Å². The molecule has 0 unspecified atom stereocenters. The summed E-state index contributed by atoms with van der Waals surface area (Å²) in [6.07, 6.45) is 4.63. The van der Waals surface area contributed by atoms with Gasteiger partial charge >= 0.3 is 0 Å². The number of thiophene rings is 1. The zero-order valence-corrected chi connectivity index (χ0v) is 12.4. The van der Waals surface area contributed by atoms with Crippen molar-refractivity contribution in [2.75, 3.05) is 5.32 Å². The molecule has 7 heteroatoms. The SMILES string of the molecule is C[C@H](O)[C@H](Nc1ncnc2sc3c(c12)CCCC3)C(=O)[O-]. The maximum Gasteiger partial charge on any atom is 0.139 e. The highest BCUT2D eigenvalue weighted by atomic mass is 32.1. The van der Waals surface area contributed by atoms with Crippen molar-refractivity contribution in [3.05, 3.63) is 16.8 Å². The second kappa shape index (κ2) is 5.57. The highest BCUT2D eigenvalue weighted by Crippen LogP contribution is 2.38. The van der Waals surface area contributed by atoms with Gasteiger partial charge in [-0.1, -0.05) is 0 Å². The Morgan fingerprint density at radius 1 is 1.43 bits per heavy atom. The molecule has 2 aromatic rings. The number of carboxylic acids is 1. The number of aliphatic hydroxyl groups is 1. The van der Waals surface area contributed by atoms with Gasteiger partial charge in [-0.25, -0.2) is 9.97 Å². The Kier molecular flexibility index (Phi) is 3.77. The number of hydrogen-bond donors (Lipinski definition) is 2. The molecule has 3 rings (SSSR count). The third-order valence-electron chi connectivity index (χ3n) is 3.78. The van der Waals surface area contributed by atoms with Gasteiger partial charge in [0.25, 0.3) is 0 Å². The standard InChI is InChI=1S/C14H17N3O3S/c1-7(18)11(14(19)20)17-12-10-8-4-2-3-5-9(8)21-13(10)16-6-15-12/h6-7,11,18H,2-5H2,1H3,(H,19,20)(H,15,16,17)/p-1/t7-,11-/m0/s1. The third kappa shape index (κ3) is 2.58. The van der Waals surface area contributed by atoms with Gasteiger partial charge < -0.3 is 20.3 Å². The molecule has 0 radical (unpaired) electrons. The van der Waals surface area contributed by atoms with E-state index in [-0.39, 0.29) is 0 Å². The molecule has 0 spiro atoms. The predicted molar refractivity (Wildman–Crippen MR) is 78.2 cm³/mol. The van der Waals surface area contributed by atoms with E-state index in [4.69, 9.17) is 0 Å². The highest BCUT2D eigenvalue weighted by Gasteiger charge is 2.23. The lowest BCUT2D eigenvalue weighted by atomic mass is 9.97. The number of anilines is 1. The Labute approximate surface area is 125 Å². The number of fused-ring (bicyclic) bond motifs is 3. The van der Waals surface area contributed by atoms with Crippen LogP contribution in [0.25, 0.3) is 10.2 Å². The number of carbonyl (C=O) groups excluding carboxylic acids is 1. The van der Waals surface area contributed by atoms with Gasteiger partial charge in [-0.3, -0.25) is 0 Å². The summed E-state index contributed by atoms with van der Waals surface area (Å²) in [7, 11) is 0. The predicted octanol–water partition coefficient (Wildman–Crippen LogP) is 0.481. The zero-order valence-electron chi connectivity index (χ0n) is 11.6. The number of aromatic nitrogens is 2. The van der Waals surface area contributed by atoms with Crippen molar-refractivity contribution in [3.8, 4) is 0 Å². The minimum atomic E-state index is -1.35. The first-order valence-electron chi connectivity index (χ1n) is 6.98. The summed E-state index contributed by atoms with van der Waals surface area (Å²) in [5, 5.41) is 24.4. The van der Waals surface area contributed by atoms with Gasteiger partial charge in [0.15, 0.2) is 0 Å². The number of carbonyl (C=O) groups is 1. The van der Waals surface area contributed by atoms with Gasteiger partial charge in [0.05, 0.1) is 23.5 Å². The molecule has 2 heterocycles. The molecule has 6 nitrogen and oxygen atoms in total. The minimum absolute atomic E-state index is 0.467. The number of aliphatic carboxylic acids is 1. The molecule has 112 valence electrons. The Balaban J connectivity index is 2.06. The fourth-order valence-corrected chi connectivity index (χ4v) is 3.95. The normalized spacial score (nSPS) is 17.2. The Morgan fingerprint density at radius 3 is 2.90 bits per heavy atom. The molecule has 1 aliphatic carbocycles. The van der Waals surface area contributed by atoms with E-state index in [0.29, 0.717) is 5.82 Å². The van der Waals surface area contributed by atoms with Crippen molar-refractivity contribution < 1.29 is 15.0 Å². The fourth-order valence-electron chi connectivity index (χ4n) is 2.72. The van der Waals surface area contributed by atoms with Gasteiger partial charge in [-0.15, -0.1) is 11.3 Å². The molecule has 0 bridgehead atoms. The second-order valence-corrected chi connectivity index (χ2v) is 6.38. The number of rotatable bonds is 4. The van der Waals surface area contributed by atoms with Gasteiger partial charge in [0.2, 0.25) is 0 Å². The average Bonchev–Trinajstić information content (AvgIpc) is 2.83. The fraction of sp³-hybridized carbons (Fsp3) is 0.500. The highest BCUT2D eigenvalue weighted by molar-refractivity contribution is 7.19. The van der Waals surface area contributed by atoms with E-state index < -0.39 is 18.1 Å². The average molecular weight is 306 g/mol. The van der Waals surface area contributed by atoms with Crippen LogP contribution in [-0.4, -0.2) is 33.2 Å². The molecule has 2 N–H and O–H groups in total. The van der Waals surface area contributed by atoms with Crippen LogP contribution in [0.2, 0.25) is 0 Å². The lowest BCUT2D eigenvalue weighted by Crippen LogP contribution is -2.47. The molecule has 0 aliphatic heterocycles. The summed E-state index contributed by atoms with van der Waals surface area (Å²) in [5.41, 5.74) is 1.21. The number of aryl methyl sites for hydroxylation is 2. The molecule has 1 aliphatic rings. The molecule has 2 atom stereocenters. The monoisotopic (exact) mass is 306 g/mol. The number of aliphatic hydroxyl groups excluding tert-OH is 1. The van der Waals surface area contributed by atoms with E-state index in [1.54, 1.807) is 11.3 Å². The topological polar surface area (TPSA) is 98.2 Å². The summed E-state index contributed by atoms with van der Waals surface area (Å²) in [4.78, 5) is 21.8. The van der Waals surface area contributed by atoms with Crippen LogP contribution in [0.4, 0.5) is 5.82 Å². The molecule has 0 amide bonds. The van der Waals surface area contributed by atoms with Gasteiger partial charge in [0, 0.05) is 4.88 Å². The molecule has 2 aromatic heterocycles. The van der Waals surface area contributed by atoms with Crippen LogP contribution in [-0.2, 0) is 17.6 Å². The summed E-state index contributed by atoms with van der Waals surface area (Å²) >= 11 is 1.64. The summed E-state index contributed by atoms with van der Waals surface area (Å²) < 4.78 is 0. The van der Waals surface area contributed by atoms with Crippen molar-refractivity contribution >= 4 is 33.3 Å². The second-order valence-electron chi connectivity index (χ2n) is 5.29. The molecular weight excluding hydrogens is 290 g/mol. The maximum atomic E-state index is 11.1. The van der Waals surface area contributed by atoms with Gasteiger partial charge in [0.1, 0.15) is 17.0 Å². The zero-order chi connectivity index (χ0) is 15.0. The van der Waals surface area contributed by atoms with Crippen molar-refractivity contribution in [1.82, 2.24) is 9.97 Å². The molecule has 0 fully saturated rings. The van der Waals surface area contributed by atoms with Gasteiger partial charge in [-0.2, -0.15) is 0 Å². The van der Waals surface area contributed by atoms with Crippen molar-refractivity contribution in [1.29, 1.82) is 0 Å². The van der Waals surface area contributed by atoms with Gasteiger partial charge in [-0.05, 0) is 38.2 Å². The summed E-state index contributed by atoms with van der Waals surface area (Å²) in [6.45, 7) is 1.41. The lowest BCUT2D eigenvalue weighted by molar-refractivity contribution is -0.308. The van der Waals surface area contributed by atoms with Crippen LogP contribution in [0.3, 0.4) is 0 Å². The molecule has 0 saturated carbocycles. The first kappa shape index (κ1) is 14.2. The number of hydrogen-bond acceptors (Lipinski definition) is 7. The number of carboxylic acid groups (broad SMARTS) is 1. The maximum absolute atomic E-state index is 11.1. The van der Waals surface area contributed by atoms with Crippen molar-refractivity contribution in [2.24, 2.45) is 0 Å². The first-order valence-corrected chi connectivity index (χ1v) is 7.80. The lowest BCUT2D eigenvalue weighted by Gasteiger charge is -2.23. The van der Waals surface area contributed by atoms with Crippen molar-refractivity contribution in [2.45, 2.75) is 44.8 Å². The van der Waals surface area contributed by atoms with E-state index >= 15 is 0 Å². The van der Waals surface area contributed by atoms with Crippen LogP contribution in [0, 0.1) is 0 Å². The Hall–Kier alpha value is -1.73. The third-order valence-corrected chi connectivity index (χ3v) is 4.98. The van der Waals surface area contributed by atoms with E-state index in [9.17, 15) is 15.0 Å². The Morgan fingerprint density at radius 2 is 2.19 bits per heavy atom. The van der Waals surface area contributed by atoms with E-state index in [0.717, 1.165) is 29.5 Å². The first-order chi connectivity index (χ1) is 10.1. The summed E-state index contributed by atoms with van der Waals surface area (Å²) in [6, 6.07) is -1.19. The Bertz CT molecular complexity index is 683. The molecular formula is C14H16N3O3S-. The quantitative estimate of drug-likeness (QED) is 0.852. The number of nitrogens with one attached hydrogen (secondary N) is 1. The molecule has 0 saturated heterocycles. The van der Waals surface area contributed by atoms with E-state index in [1.165, 1.54) is 30.1 Å². The van der Waals surface area contributed by atoms with Crippen LogP contribution in [0.1, 0.15) is 30.2 Å². The summed E-state index contributed by atoms with van der Waals surface area (Å²) in [5.74, 6) is -0.879. The largest absolute Gasteiger partial charge is 0.548 e.